The van der Waals surface area contributed by atoms with Crippen molar-refractivity contribution in [1.82, 2.24) is 9.88 Å². The van der Waals surface area contributed by atoms with E-state index in [2.05, 4.69) is 4.98 Å². The molecule has 0 bridgehead atoms. The summed E-state index contributed by atoms with van der Waals surface area (Å²) in [5.41, 5.74) is 0. The molecule has 0 aliphatic carbocycles. The van der Waals surface area contributed by atoms with E-state index in [1.165, 1.54) is 12.3 Å². The first kappa shape index (κ1) is 13.9. The van der Waals surface area contributed by atoms with E-state index in [1.54, 1.807) is 6.07 Å². The smallest absolute Gasteiger partial charge is 0.406 e. The van der Waals surface area contributed by atoms with E-state index >= 15 is 0 Å². The second kappa shape index (κ2) is 5.24. The van der Waals surface area contributed by atoms with E-state index in [9.17, 15) is 18.0 Å². The number of pyridine rings is 1. The molecule has 0 N–H and O–H groups in total. The van der Waals surface area contributed by atoms with Crippen LogP contribution < -0.4 is 4.74 Å². The molecule has 1 fully saturated rings. The molecule has 0 aromatic carbocycles. The minimum atomic E-state index is -4.41. The van der Waals surface area contributed by atoms with Gasteiger partial charge < -0.3 is 9.64 Å². The number of hydrogen-bond donors (Lipinski definition) is 0. The molecule has 1 atom stereocenters. The maximum absolute atomic E-state index is 12.2. The molecule has 1 saturated heterocycles. The van der Waals surface area contributed by atoms with Crippen molar-refractivity contribution in [2.75, 3.05) is 13.1 Å². The lowest BCUT2D eigenvalue weighted by molar-refractivity contribution is -0.159. The molecule has 0 spiro atoms. The second-order valence-corrected chi connectivity index (χ2v) is 4.42. The van der Waals surface area contributed by atoms with E-state index in [0.29, 0.717) is 0 Å². The molecule has 0 saturated carbocycles. The van der Waals surface area contributed by atoms with Gasteiger partial charge in [0, 0.05) is 19.2 Å². The fourth-order valence-electron chi connectivity index (χ4n) is 1.81. The van der Waals surface area contributed by atoms with Gasteiger partial charge in [-0.3, -0.25) is 4.79 Å². The number of nitrogens with zero attached hydrogens (tertiary/aromatic N) is 2. The third-order valence-electron chi connectivity index (χ3n) is 2.61. The van der Waals surface area contributed by atoms with Crippen LogP contribution in [-0.4, -0.2) is 41.2 Å². The standard InChI is InChI=1S/C11H10ClF3N2O2/c12-9-7(2-1-4-16-9)19-8-3-5-17(10(8)18)6-11(13,14)15/h1-2,4,8H,3,5-6H2. The quantitative estimate of drug-likeness (QED) is 0.803. The van der Waals surface area contributed by atoms with E-state index in [-0.39, 0.29) is 23.9 Å². The van der Waals surface area contributed by atoms with Gasteiger partial charge in [-0.15, -0.1) is 0 Å². The Morgan fingerprint density at radius 2 is 2.26 bits per heavy atom. The Bertz CT molecular complexity index is 481. The van der Waals surface area contributed by atoms with Crippen LogP contribution in [0.25, 0.3) is 0 Å². The van der Waals surface area contributed by atoms with Crippen molar-refractivity contribution in [3.63, 3.8) is 0 Å². The Balaban J connectivity index is 2.01. The summed E-state index contributed by atoms with van der Waals surface area (Å²) in [7, 11) is 0. The summed E-state index contributed by atoms with van der Waals surface area (Å²) in [6, 6.07) is 3.07. The third kappa shape index (κ3) is 3.50. The van der Waals surface area contributed by atoms with E-state index in [0.717, 1.165) is 4.90 Å². The first-order chi connectivity index (χ1) is 8.87. The molecule has 4 nitrogen and oxygen atoms in total. The van der Waals surface area contributed by atoms with Gasteiger partial charge in [0.15, 0.2) is 17.0 Å². The molecule has 19 heavy (non-hydrogen) atoms. The lowest BCUT2D eigenvalue weighted by Crippen LogP contribution is -2.38. The molecular formula is C11H10ClF3N2O2. The summed E-state index contributed by atoms with van der Waals surface area (Å²) >= 11 is 5.75. The molecule has 2 heterocycles. The molecule has 1 aromatic rings. The van der Waals surface area contributed by atoms with Crippen molar-refractivity contribution >= 4 is 17.5 Å². The molecule has 1 aromatic heterocycles. The van der Waals surface area contributed by atoms with Crippen molar-refractivity contribution in [3.8, 4) is 5.75 Å². The van der Waals surface area contributed by atoms with Crippen molar-refractivity contribution in [1.29, 1.82) is 0 Å². The van der Waals surface area contributed by atoms with Crippen molar-refractivity contribution in [2.24, 2.45) is 0 Å². The highest BCUT2D eigenvalue weighted by Gasteiger charge is 2.40. The minimum Gasteiger partial charge on any atom is -0.477 e. The van der Waals surface area contributed by atoms with Crippen LogP contribution in [0.3, 0.4) is 0 Å². The topological polar surface area (TPSA) is 42.4 Å². The van der Waals surface area contributed by atoms with Gasteiger partial charge in [-0.2, -0.15) is 13.2 Å². The maximum atomic E-state index is 12.2. The number of aromatic nitrogens is 1. The van der Waals surface area contributed by atoms with E-state index in [4.69, 9.17) is 16.3 Å². The van der Waals surface area contributed by atoms with E-state index in [1.807, 2.05) is 0 Å². The first-order valence-corrected chi connectivity index (χ1v) is 5.87. The molecule has 1 amide bonds. The molecule has 1 unspecified atom stereocenters. The molecular weight excluding hydrogens is 285 g/mol. The minimum absolute atomic E-state index is 0.0148. The third-order valence-corrected chi connectivity index (χ3v) is 2.90. The zero-order chi connectivity index (χ0) is 14.0. The fraction of sp³-hybridized carbons (Fsp3) is 0.455. The average Bonchev–Trinajstić information content (AvgIpc) is 2.63. The Hall–Kier alpha value is -1.50. The number of ether oxygens (including phenoxy) is 1. The largest absolute Gasteiger partial charge is 0.477 e. The van der Waals surface area contributed by atoms with Gasteiger partial charge in [0.05, 0.1) is 0 Å². The van der Waals surface area contributed by atoms with E-state index < -0.39 is 24.7 Å². The van der Waals surface area contributed by atoms with Crippen LogP contribution >= 0.6 is 11.6 Å². The molecule has 1 aliphatic heterocycles. The van der Waals surface area contributed by atoms with Crippen LogP contribution in [0.5, 0.6) is 5.75 Å². The number of amides is 1. The van der Waals surface area contributed by atoms with Crippen LogP contribution in [0.2, 0.25) is 5.15 Å². The van der Waals surface area contributed by atoms with Gasteiger partial charge in [-0.1, -0.05) is 11.6 Å². The van der Waals surface area contributed by atoms with Gasteiger partial charge >= 0.3 is 6.18 Å². The SMILES string of the molecule is O=C1C(Oc2cccnc2Cl)CCN1CC(F)(F)F. The number of halogens is 4. The molecule has 104 valence electrons. The highest BCUT2D eigenvalue weighted by molar-refractivity contribution is 6.30. The van der Waals surface area contributed by atoms with Crippen LogP contribution in [0.4, 0.5) is 13.2 Å². The van der Waals surface area contributed by atoms with Gasteiger partial charge in [0.25, 0.3) is 5.91 Å². The molecule has 2 rings (SSSR count). The number of likely N-dealkylation sites (tertiary alicyclic amines) is 1. The maximum Gasteiger partial charge on any atom is 0.406 e. The monoisotopic (exact) mass is 294 g/mol. The zero-order valence-electron chi connectivity index (χ0n) is 9.65. The van der Waals surface area contributed by atoms with Gasteiger partial charge in [-0.25, -0.2) is 4.98 Å². The van der Waals surface area contributed by atoms with Gasteiger partial charge in [0.1, 0.15) is 6.54 Å². The Kier molecular flexibility index (Phi) is 3.84. The summed E-state index contributed by atoms with van der Waals surface area (Å²) < 4.78 is 42.0. The number of hydrogen-bond acceptors (Lipinski definition) is 3. The number of rotatable bonds is 3. The van der Waals surface area contributed by atoms with Crippen LogP contribution in [0.15, 0.2) is 18.3 Å². The molecule has 8 heteroatoms. The predicted octanol–water partition coefficient (Wildman–Crippen LogP) is 2.28. The van der Waals surface area contributed by atoms with Crippen molar-refractivity contribution in [2.45, 2.75) is 18.7 Å². The first-order valence-electron chi connectivity index (χ1n) is 5.49. The van der Waals surface area contributed by atoms with Crippen LogP contribution in [-0.2, 0) is 4.79 Å². The number of alkyl halides is 3. The lowest BCUT2D eigenvalue weighted by Gasteiger charge is -2.18. The molecule has 1 aliphatic rings. The van der Waals surface area contributed by atoms with Gasteiger partial charge in [-0.05, 0) is 12.1 Å². The van der Waals surface area contributed by atoms with Crippen LogP contribution in [0.1, 0.15) is 6.42 Å². The number of carbonyl (C=O) groups is 1. The summed E-state index contributed by atoms with van der Waals surface area (Å²) in [5.74, 6) is -0.492. The second-order valence-electron chi connectivity index (χ2n) is 4.06. The Morgan fingerprint density at radius 1 is 1.53 bits per heavy atom. The summed E-state index contributed by atoms with van der Waals surface area (Å²) in [5, 5.41) is 0.0737. The summed E-state index contributed by atoms with van der Waals surface area (Å²) in [6.45, 7) is -1.24. The van der Waals surface area contributed by atoms with Crippen molar-refractivity contribution in [3.05, 3.63) is 23.5 Å². The fourth-order valence-corrected chi connectivity index (χ4v) is 1.97. The van der Waals surface area contributed by atoms with Gasteiger partial charge in [0.2, 0.25) is 0 Å². The average molecular weight is 295 g/mol. The van der Waals surface area contributed by atoms with Crippen LogP contribution in [0, 0.1) is 0 Å². The van der Waals surface area contributed by atoms with Crippen molar-refractivity contribution < 1.29 is 22.7 Å². The lowest BCUT2D eigenvalue weighted by atomic mass is 10.3. The number of carbonyl (C=O) groups excluding carboxylic acids is 1. The highest BCUT2D eigenvalue weighted by Crippen LogP contribution is 2.26. The predicted molar refractivity (Wildman–Crippen MR) is 60.9 cm³/mol. The normalized spacial score (nSPS) is 19.9. The zero-order valence-corrected chi connectivity index (χ0v) is 10.4. The Morgan fingerprint density at radius 3 is 2.89 bits per heavy atom. The molecule has 0 radical (unpaired) electrons. The Labute approximate surface area is 112 Å². The highest BCUT2D eigenvalue weighted by atomic mass is 35.5. The summed E-state index contributed by atoms with van der Waals surface area (Å²) in [4.78, 5) is 16.2. The summed E-state index contributed by atoms with van der Waals surface area (Å²) in [6.07, 6.45) is -3.71.